The standard InChI is InChI=1S/C10H16N2O6.2H3N/c13-7(1-3-9(15)16)11-5-6-12-8(14)2-4-10(17)18;;/h1-6H2,(H,11,13)(H,12,14)(H,15,16)(H,17,18);2*1H3. The monoisotopic (exact) mass is 294 g/mol. The molecule has 0 aliphatic carbocycles. The highest BCUT2D eigenvalue weighted by Gasteiger charge is 2.02. The molecule has 10 nitrogen and oxygen atoms in total. The van der Waals surface area contributed by atoms with Gasteiger partial charge in [-0.2, -0.15) is 0 Å². The summed E-state index contributed by atoms with van der Waals surface area (Å²) in [5.41, 5.74) is 0. The predicted molar refractivity (Wildman–Crippen MR) is 66.5 cm³/mol. The molecule has 0 rings (SSSR count). The zero-order valence-corrected chi connectivity index (χ0v) is 11.7. The minimum Gasteiger partial charge on any atom is -0.550 e. The van der Waals surface area contributed by atoms with Gasteiger partial charge in [-0.3, -0.25) is 9.59 Å². The zero-order chi connectivity index (χ0) is 14.0. The second-order valence-corrected chi connectivity index (χ2v) is 3.44. The lowest BCUT2D eigenvalue weighted by atomic mass is 10.3. The highest BCUT2D eigenvalue weighted by atomic mass is 16.4. The highest BCUT2D eigenvalue weighted by molar-refractivity contribution is 5.81. The number of carbonyl (C=O) groups is 4. The average Bonchev–Trinajstić information content (AvgIpc) is 2.29. The van der Waals surface area contributed by atoms with Crippen LogP contribution in [0.3, 0.4) is 0 Å². The van der Waals surface area contributed by atoms with Gasteiger partial charge in [0.05, 0.1) is 0 Å². The maximum absolute atomic E-state index is 11.0. The summed E-state index contributed by atoms with van der Waals surface area (Å²) in [4.78, 5) is 42.1. The number of carbonyl (C=O) groups excluding carboxylic acids is 4. The molecule has 10 heteroatoms. The van der Waals surface area contributed by atoms with Crippen LogP contribution in [-0.2, 0) is 19.2 Å². The number of hydrogen-bond acceptors (Lipinski definition) is 6. The van der Waals surface area contributed by atoms with Crippen molar-refractivity contribution in [2.24, 2.45) is 0 Å². The van der Waals surface area contributed by atoms with Gasteiger partial charge in [0.25, 0.3) is 0 Å². The van der Waals surface area contributed by atoms with Crippen LogP contribution in [0.25, 0.3) is 0 Å². The third-order valence-electron chi connectivity index (χ3n) is 1.88. The number of rotatable bonds is 9. The number of hydrogen-bond donors (Lipinski definition) is 4. The van der Waals surface area contributed by atoms with E-state index in [2.05, 4.69) is 10.6 Å². The lowest BCUT2D eigenvalue weighted by molar-refractivity contribution is -0.307. The fourth-order valence-electron chi connectivity index (χ4n) is 1.01. The van der Waals surface area contributed by atoms with Gasteiger partial charge < -0.3 is 42.7 Å². The molecule has 0 aliphatic heterocycles. The topological polar surface area (TPSA) is 211 Å². The maximum Gasteiger partial charge on any atom is 0.220 e. The molecule has 0 unspecified atom stereocenters. The number of aliphatic carboxylic acids is 2. The molecule has 20 heavy (non-hydrogen) atoms. The first-order valence-electron chi connectivity index (χ1n) is 5.35. The van der Waals surface area contributed by atoms with Crippen LogP contribution in [0.1, 0.15) is 25.7 Å². The maximum atomic E-state index is 11.0. The van der Waals surface area contributed by atoms with Crippen molar-refractivity contribution >= 4 is 23.8 Å². The lowest BCUT2D eigenvalue weighted by Crippen LogP contribution is -2.35. The molecule has 0 saturated carbocycles. The van der Waals surface area contributed by atoms with Crippen LogP contribution in [0.5, 0.6) is 0 Å². The molecule has 0 saturated heterocycles. The molecule has 0 bridgehead atoms. The fourth-order valence-corrected chi connectivity index (χ4v) is 1.01. The number of nitrogens with one attached hydrogen (secondary N) is 2. The number of quaternary nitrogens is 2. The molecule has 0 aromatic rings. The molecule has 0 spiro atoms. The van der Waals surface area contributed by atoms with E-state index < -0.39 is 23.8 Å². The van der Waals surface area contributed by atoms with Crippen molar-refractivity contribution in [2.45, 2.75) is 25.7 Å². The largest absolute Gasteiger partial charge is 0.550 e. The van der Waals surface area contributed by atoms with Crippen LogP contribution >= 0.6 is 0 Å². The molecule has 0 radical (unpaired) electrons. The Kier molecular flexibility index (Phi) is 15.2. The summed E-state index contributed by atoms with van der Waals surface area (Å²) in [6, 6.07) is 0. The molecule has 0 aromatic carbocycles. The van der Waals surface area contributed by atoms with Crippen molar-refractivity contribution in [3.05, 3.63) is 0 Å². The number of carboxylic acid groups (broad SMARTS) is 2. The molecule has 0 heterocycles. The van der Waals surface area contributed by atoms with Gasteiger partial charge in [0.2, 0.25) is 11.8 Å². The Balaban J connectivity index is -0.00000144. The Morgan fingerprint density at radius 1 is 0.650 bits per heavy atom. The average molecular weight is 294 g/mol. The van der Waals surface area contributed by atoms with Crippen molar-refractivity contribution in [1.82, 2.24) is 22.9 Å². The second-order valence-electron chi connectivity index (χ2n) is 3.44. The third-order valence-corrected chi connectivity index (χ3v) is 1.88. The SMILES string of the molecule is O=C([O-])CCC(=O)NCCNC(=O)CCC(=O)[O-].[NH4+].[NH4+]. The summed E-state index contributed by atoms with van der Waals surface area (Å²) in [7, 11) is 0. The van der Waals surface area contributed by atoms with Crippen LogP contribution in [0.4, 0.5) is 0 Å². The third kappa shape index (κ3) is 15.8. The smallest absolute Gasteiger partial charge is 0.220 e. The second kappa shape index (κ2) is 13.2. The van der Waals surface area contributed by atoms with E-state index in [4.69, 9.17) is 0 Å². The molecule has 118 valence electrons. The van der Waals surface area contributed by atoms with Crippen molar-refractivity contribution in [3.63, 3.8) is 0 Å². The van der Waals surface area contributed by atoms with E-state index in [1.165, 1.54) is 0 Å². The van der Waals surface area contributed by atoms with Gasteiger partial charge in [-0.25, -0.2) is 0 Å². The molecular weight excluding hydrogens is 272 g/mol. The van der Waals surface area contributed by atoms with Gasteiger partial charge >= 0.3 is 0 Å². The van der Waals surface area contributed by atoms with E-state index >= 15 is 0 Å². The number of carboxylic acids is 2. The minimum absolute atomic E-state index is 0. The molecule has 0 aliphatic rings. The van der Waals surface area contributed by atoms with E-state index in [9.17, 15) is 29.4 Å². The van der Waals surface area contributed by atoms with Crippen LogP contribution < -0.4 is 33.1 Å². The number of amides is 2. The summed E-state index contributed by atoms with van der Waals surface area (Å²) in [5, 5.41) is 24.9. The van der Waals surface area contributed by atoms with Crippen molar-refractivity contribution in [2.75, 3.05) is 13.1 Å². The van der Waals surface area contributed by atoms with Crippen molar-refractivity contribution < 1.29 is 29.4 Å². The van der Waals surface area contributed by atoms with E-state index in [-0.39, 0.29) is 51.1 Å². The van der Waals surface area contributed by atoms with Crippen LogP contribution in [0, 0.1) is 0 Å². The van der Waals surface area contributed by atoms with Crippen LogP contribution in [-0.4, -0.2) is 36.8 Å². The van der Waals surface area contributed by atoms with Crippen molar-refractivity contribution in [1.29, 1.82) is 0 Å². The van der Waals surface area contributed by atoms with Crippen molar-refractivity contribution in [3.8, 4) is 0 Å². The fraction of sp³-hybridized carbons (Fsp3) is 0.600. The first-order chi connectivity index (χ1) is 8.41. The van der Waals surface area contributed by atoms with E-state index in [1.807, 2.05) is 0 Å². The highest BCUT2D eigenvalue weighted by Crippen LogP contribution is 1.87. The van der Waals surface area contributed by atoms with E-state index in [1.54, 1.807) is 0 Å². The van der Waals surface area contributed by atoms with E-state index in [0.717, 1.165) is 0 Å². The molecule has 0 aromatic heterocycles. The summed E-state index contributed by atoms with van der Waals surface area (Å²) >= 11 is 0. The first kappa shape index (κ1) is 22.9. The molecule has 0 atom stereocenters. The van der Waals surface area contributed by atoms with Gasteiger partial charge in [0.1, 0.15) is 0 Å². The van der Waals surface area contributed by atoms with Crippen LogP contribution in [0.15, 0.2) is 0 Å². The van der Waals surface area contributed by atoms with Gasteiger partial charge in [-0.15, -0.1) is 0 Å². The van der Waals surface area contributed by atoms with Crippen LogP contribution in [0.2, 0.25) is 0 Å². The summed E-state index contributed by atoms with van der Waals surface area (Å²) in [6.07, 6.45) is -1.07. The Labute approximate surface area is 116 Å². The molecular formula is C10H22N4O6. The lowest BCUT2D eigenvalue weighted by Gasteiger charge is -2.07. The summed E-state index contributed by atoms with van der Waals surface area (Å²) < 4.78 is 0. The Bertz CT molecular complexity index is 302. The van der Waals surface area contributed by atoms with Gasteiger partial charge in [0, 0.05) is 37.9 Å². The van der Waals surface area contributed by atoms with Gasteiger partial charge in [-0.05, 0) is 12.8 Å². The summed E-state index contributed by atoms with van der Waals surface area (Å²) in [5.74, 6) is -3.52. The Hall–Kier alpha value is -2.20. The first-order valence-corrected chi connectivity index (χ1v) is 5.35. The quantitative estimate of drug-likeness (QED) is 0.325. The zero-order valence-electron chi connectivity index (χ0n) is 11.7. The van der Waals surface area contributed by atoms with Gasteiger partial charge in [0.15, 0.2) is 0 Å². The van der Waals surface area contributed by atoms with Gasteiger partial charge in [-0.1, -0.05) is 0 Å². The molecule has 0 fully saturated rings. The summed E-state index contributed by atoms with van der Waals surface area (Å²) in [6.45, 7) is 0.284. The Morgan fingerprint density at radius 3 is 1.20 bits per heavy atom. The predicted octanol–water partition coefficient (Wildman–Crippen LogP) is -2.97. The Morgan fingerprint density at radius 2 is 0.950 bits per heavy atom. The molecule has 10 N–H and O–H groups in total. The minimum atomic E-state index is -1.30. The van der Waals surface area contributed by atoms with E-state index in [0.29, 0.717) is 0 Å². The molecule has 2 amide bonds. The normalized spacial score (nSPS) is 8.60.